The summed E-state index contributed by atoms with van der Waals surface area (Å²) in [6, 6.07) is 32.9. The van der Waals surface area contributed by atoms with Crippen molar-refractivity contribution in [3.05, 3.63) is 109 Å². The van der Waals surface area contributed by atoms with Gasteiger partial charge in [0.25, 0.3) is 20.1 Å². The van der Waals surface area contributed by atoms with Gasteiger partial charge in [0.2, 0.25) is 20.0 Å². The second kappa shape index (κ2) is 16.0. The van der Waals surface area contributed by atoms with E-state index in [0.29, 0.717) is 37.3 Å². The molecule has 2 heterocycles. The Labute approximate surface area is 313 Å². The molecule has 4 aromatic carbocycles. The first-order chi connectivity index (χ1) is 25.1. The second-order valence-electron chi connectivity index (χ2n) is 13.7. The third kappa shape index (κ3) is 8.31. The maximum Gasteiger partial charge on any atom is 0.262 e. The quantitative estimate of drug-likeness (QED) is 0.207. The van der Waals surface area contributed by atoms with Crippen molar-refractivity contribution < 1.29 is 36.0 Å². The van der Waals surface area contributed by atoms with Crippen LogP contribution in [0.15, 0.2) is 119 Å². The summed E-state index contributed by atoms with van der Waals surface area (Å²) in [4.78, 5) is 28.6. The molecule has 2 atom stereocenters. The van der Waals surface area contributed by atoms with E-state index in [9.17, 15) is 31.5 Å². The maximum atomic E-state index is 13.6. The van der Waals surface area contributed by atoms with Crippen molar-refractivity contribution >= 4 is 61.9 Å². The van der Waals surface area contributed by atoms with Gasteiger partial charge in [-0.2, -0.15) is 0 Å². The SMILES string of the molecule is CNS(=O)(=O)c1ccc(N2CC[C@@H](O)C2=O)cc1.CNS(=O)(=O)c1ccc(N2CC[C@@H](O[Si](c3ccccc3)(c3ccccc3)C(C)(C)C)C2=O)cc1. The zero-order valence-electron chi connectivity index (χ0n) is 30.4. The molecule has 3 N–H and O–H groups in total. The number of hydrogen-bond acceptors (Lipinski definition) is 8. The van der Waals surface area contributed by atoms with E-state index in [1.807, 2.05) is 36.4 Å². The van der Waals surface area contributed by atoms with Gasteiger partial charge < -0.3 is 19.3 Å². The fourth-order valence-electron chi connectivity index (χ4n) is 6.69. The van der Waals surface area contributed by atoms with Crippen molar-refractivity contribution in [3.63, 3.8) is 0 Å². The Balaban J connectivity index is 0.000000252. The molecule has 6 rings (SSSR count). The van der Waals surface area contributed by atoms with Gasteiger partial charge in [0.05, 0.1) is 9.79 Å². The summed E-state index contributed by atoms with van der Waals surface area (Å²) < 4.78 is 58.7. The average Bonchev–Trinajstić information content (AvgIpc) is 3.70. The Kier molecular flexibility index (Phi) is 12.1. The molecule has 2 saturated heterocycles. The van der Waals surface area contributed by atoms with Crippen LogP contribution in [0.3, 0.4) is 0 Å². The van der Waals surface area contributed by atoms with Gasteiger partial charge in [-0.25, -0.2) is 26.3 Å². The first-order valence-corrected chi connectivity index (χ1v) is 22.1. The minimum absolute atomic E-state index is 0.0952. The molecule has 0 spiro atoms. The first kappa shape index (κ1) is 40.0. The van der Waals surface area contributed by atoms with E-state index in [4.69, 9.17) is 4.43 Å². The van der Waals surface area contributed by atoms with Crippen molar-refractivity contribution in [2.24, 2.45) is 0 Å². The topological polar surface area (TPSA) is 162 Å². The lowest BCUT2D eigenvalue weighted by molar-refractivity contribution is -0.124. The number of hydrogen-bond donors (Lipinski definition) is 3. The van der Waals surface area contributed by atoms with Crippen molar-refractivity contribution in [2.75, 3.05) is 37.0 Å². The highest BCUT2D eigenvalue weighted by Crippen LogP contribution is 2.39. The normalized spacial score (nSPS) is 18.2. The highest BCUT2D eigenvalue weighted by molar-refractivity contribution is 7.89. The predicted molar refractivity (Wildman–Crippen MR) is 208 cm³/mol. The van der Waals surface area contributed by atoms with Crippen LogP contribution in [0.4, 0.5) is 11.4 Å². The highest BCUT2D eigenvalue weighted by Gasteiger charge is 2.53. The zero-order chi connectivity index (χ0) is 38.6. The van der Waals surface area contributed by atoms with E-state index in [-0.39, 0.29) is 26.6 Å². The number of carbonyl (C=O) groups is 2. The van der Waals surface area contributed by atoms with Gasteiger partial charge in [0.15, 0.2) is 0 Å². The third-order valence-corrected chi connectivity index (χ3v) is 17.4. The van der Waals surface area contributed by atoms with E-state index in [1.54, 1.807) is 29.2 Å². The van der Waals surface area contributed by atoms with Gasteiger partial charge in [-0.1, -0.05) is 81.4 Å². The molecule has 15 heteroatoms. The summed E-state index contributed by atoms with van der Waals surface area (Å²) in [6.45, 7) is 7.53. The standard InChI is InChI=1S/C27H32N2O4SSi.C11H14N2O4S/c1-27(2,3)35(23-11-7-5-8-12-23,24-13-9-6-10-14-24)33-25-19-20-29(26(25)30)21-15-17-22(18-16-21)34(31,32)28-4;1-12-18(16,17)9-4-2-8(3-5-9)13-7-6-10(14)11(13)15/h5-18,25,28H,19-20H2,1-4H3;2-5,10,12,14H,6-7H2,1H3/t25-;10-/m11/s1. The van der Waals surface area contributed by atoms with E-state index in [0.717, 1.165) is 10.4 Å². The van der Waals surface area contributed by atoms with Gasteiger partial charge in [-0.15, -0.1) is 0 Å². The molecule has 53 heavy (non-hydrogen) atoms. The zero-order valence-corrected chi connectivity index (χ0v) is 33.0. The predicted octanol–water partition coefficient (Wildman–Crippen LogP) is 2.97. The Morgan fingerprint density at radius 1 is 0.642 bits per heavy atom. The Hall–Kier alpha value is -4.22. The molecule has 12 nitrogen and oxygen atoms in total. The number of benzene rings is 4. The number of anilines is 2. The largest absolute Gasteiger partial charge is 0.395 e. The number of sulfonamides is 2. The average molecular weight is 779 g/mol. The Morgan fingerprint density at radius 2 is 1.04 bits per heavy atom. The lowest BCUT2D eigenvalue weighted by Crippen LogP contribution is -2.68. The first-order valence-electron chi connectivity index (χ1n) is 17.2. The summed E-state index contributed by atoms with van der Waals surface area (Å²) in [6.07, 6.45) is -0.567. The number of nitrogens with one attached hydrogen (secondary N) is 2. The number of rotatable bonds is 10. The molecule has 4 aromatic rings. The van der Waals surface area contributed by atoms with Crippen LogP contribution in [0.2, 0.25) is 5.04 Å². The number of nitrogens with zero attached hydrogens (tertiary/aromatic N) is 2. The minimum Gasteiger partial charge on any atom is -0.395 e. The summed E-state index contributed by atoms with van der Waals surface area (Å²) in [5.41, 5.74) is 1.25. The molecular weight excluding hydrogens is 733 g/mol. The monoisotopic (exact) mass is 778 g/mol. The molecule has 2 aliphatic rings. The minimum atomic E-state index is -3.54. The second-order valence-corrected chi connectivity index (χ2v) is 21.8. The van der Waals surface area contributed by atoms with Crippen LogP contribution in [0.5, 0.6) is 0 Å². The number of carbonyl (C=O) groups excluding carboxylic acids is 2. The lowest BCUT2D eigenvalue weighted by Gasteiger charge is -2.44. The number of aliphatic hydroxyl groups is 1. The van der Waals surface area contributed by atoms with Crippen LogP contribution < -0.4 is 29.6 Å². The van der Waals surface area contributed by atoms with Crippen LogP contribution >= 0.6 is 0 Å². The molecule has 0 bridgehead atoms. The van der Waals surface area contributed by atoms with Crippen LogP contribution in [0.1, 0.15) is 33.6 Å². The molecule has 0 saturated carbocycles. The van der Waals surface area contributed by atoms with Crippen molar-refractivity contribution in [1.82, 2.24) is 9.44 Å². The molecule has 0 aromatic heterocycles. The van der Waals surface area contributed by atoms with Gasteiger partial charge in [0, 0.05) is 30.9 Å². The lowest BCUT2D eigenvalue weighted by atomic mass is 10.2. The smallest absolute Gasteiger partial charge is 0.262 e. The number of amides is 2. The van der Waals surface area contributed by atoms with Crippen LogP contribution in [0.25, 0.3) is 0 Å². The summed E-state index contributed by atoms with van der Waals surface area (Å²) >= 11 is 0. The van der Waals surface area contributed by atoms with Crippen LogP contribution in [-0.2, 0) is 34.1 Å². The van der Waals surface area contributed by atoms with Crippen molar-refractivity contribution in [3.8, 4) is 0 Å². The van der Waals surface area contributed by atoms with Gasteiger partial charge in [-0.3, -0.25) is 9.59 Å². The molecule has 0 aliphatic carbocycles. The van der Waals surface area contributed by atoms with Gasteiger partial charge in [-0.05, 0) is 84.5 Å². The third-order valence-electron chi connectivity index (χ3n) is 9.52. The molecular formula is C38H46N4O8S2Si. The van der Waals surface area contributed by atoms with Crippen molar-refractivity contribution in [1.29, 1.82) is 0 Å². The Morgan fingerprint density at radius 3 is 1.40 bits per heavy atom. The van der Waals surface area contributed by atoms with E-state index >= 15 is 0 Å². The fraction of sp³-hybridized carbons (Fsp3) is 0.316. The summed E-state index contributed by atoms with van der Waals surface area (Å²) in [5, 5.41) is 11.4. The maximum absolute atomic E-state index is 13.6. The van der Waals surface area contributed by atoms with Gasteiger partial charge >= 0.3 is 0 Å². The van der Waals surface area contributed by atoms with Crippen molar-refractivity contribution in [2.45, 2.75) is 60.7 Å². The summed E-state index contributed by atoms with van der Waals surface area (Å²) in [7, 11) is -7.15. The molecule has 2 fully saturated rings. The van der Waals surface area contributed by atoms with E-state index in [1.165, 1.54) is 43.3 Å². The van der Waals surface area contributed by atoms with Crippen LogP contribution in [0, 0.1) is 0 Å². The molecule has 2 amide bonds. The molecule has 282 valence electrons. The molecule has 2 aliphatic heterocycles. The Bertz CT molecular complexity index is 2070. The van der Waals surface area contributed by atoms with Crippen LogP contribution in [-0.4, -0.2) is 81.5 Å². The summed E-state index contributed by atoms with van der Waals surface area (Å²) in [5.74, 6) is -0.443. The van der Waals surface area contributed by atoms with E-state index < -0.39 is 40.6 Å². The highest BCUT2D eigenvalue weighted by atomic mass is 32.2. The molecule has 0 radical (unpaired) electrons. The fourth-order valence-corrected chi connectivity index (χ4v) is 12.8. The number of aliphatic hydroxyl groups excluding tert-OH is 1. The van der Waals surface area contributed by atoms with E-state index in [2.05, 4.69) is 54.5 Å². The van der Waals surface area contributed by atoms with Gasteiger partial charge in [0.1, 0.15) is 12.2 Å². The molecule has 0 unspecified atom stereocenters.